The van der Waals surface area contributed by atoms with Crippen LogP contribution in [0.3, 0.4) is 0 Å². The van der Waals surface area contributed by atoms with Crippen molar-refractivity contribution in [3.63, 3.8) is 0 Å². The molecule has 0 fully saturated rings. The van der Waals surface area contributed by atoms with E-state index in [0.29, 0.717) is 12.8 Å². The third-order valence-corrected chi connectivity index (χ3v) is 12.0. The van der Waals surface area contributed by atoms with E-state index in [2.05, 4.69) is 227 Å². The molecule has 0 N–H and O–H groups in total. The zero-order valence-electron chi connectivity index (χ0n) is 50.9. The van der Waals surface area contributed by atoms with E-state index in [4.69, 9.17) is 14.2 Å². The number of carbonyl (C=O) groups is 3. The molecule has 0 aliphatic heterocycles. The van der Waals surface area contributed by atoms with E-state index in [1.54, 1.807) is 0 Å². The lowest BCUT2D eigenvalue weighted by atomic mass is 10.1. The van der Waals surface area contributed by atoms with E-state index in [1.807, 2.05) is 12.2 Å². The quantitative estimate of drug-likeness (QED) is 0.0261. The number of rotatable bonds is 53. The Morgan fingerprint density at radius 3 is 0.716 bits per heavy atom. The molecule has 0 amide bonds. The van der Waals surface area contributed by atoms with Gasteiger partial charge in [-0.25, -0.2) is 0 Å². The van der Waals surface area contributed by atoms with Crippen molar-refractivity contribution in [2.45, 2.75) is 219 Å². The van der Waals surface area contributed by atoms with Gasteiger partial charge in [-0.15, -0.1) is 0 Å². The van der Waals surface area contributed by atoms with Gasteiger partial charge in [0.15, 0.2) is 6.10 Å². The first-order valence-corrected chi connectivity index (χ1v) is 31.2. The second kappa shape index (κ2) is 66.2. The molecule has 0 spiro atoms. The summed E-state index contributed by atoms with van der Waals surface area (Å²) in [5.41, 5.74) is 0. The van der Waals surface area contributed by atoms with Gasteiger partial charge in [0.1, 0.15) is 13.2 Å². The Morgan fingerprint density at radius 1 is 0.247 bits per heavy atom. The van der Waals surface area contributed by atoms with Gasteiger partial charge >= 0.3 is 17.9 Å². The average molecular weight is 1110 g/mol. The molecule has 0 heterocycles. The van der Waals surface area contributed by atoms with Crippen molar-refractivity contribution < 1.29 is 28.6 Å². The summed E-state index contributed by atoms with van der Waals surface area (Å²) in [7, 11) is 0. The average Bonchev–Trinajstić information content (AvgIpc) is 3.46. The molecule has 0 bridgehead atoms. The second-order valence-electron chi connectivity index (χ2n) is 19.5. The highest BCUT2D eigenvalue weighted by Gasteiger charge is 2.19. The maximum absolute atomic E-state index is 12.9. The minimum atomic E-state index is -0.860. The number of hydrogen-bond acceptors (Lipinski definition) is 6. The van der Waals surface area contributed by atoms with E-state index < -0.39 is 12.1 Å². The molecule has 0 rings (SSSR count). The molecule has 0 aliphatic carbocycles. The fourth-order valence-electron chi connectivity index (χ4n) is 7.41. The Kier molecular flexibility index (Phi) is 61.1. The van der Waals surface area contributed by atoms with Crippen LogP contribution in [0.5, 0.6) is 0 Å². The molecule has 1 atom stereocenters. The molecule has 0 saturated heterocycles. The van der Waals surface area contributed by atoms with Gasteiger partial charge < -0.3 is 14.2 Å². The zero-order chi connectivity index (χ0) is 58.5. The van der Waals surface area contributed by atoms with Gasteiger partial charge in [-0.05, 0) is 161 Å². The summed E-state index contributed by atoms with van der Waals surface area (Å²) in [5, 5.41) is 0. The molecule has 81 heavy (non-hydrogen) atoms. The largest absolute Gasteiger partial charge is 0.462 e. The number of unbranched alkanes of at least 4 members (excludes halogenated alkanes) is 6. The van der Waals surface area contributed by atoms with E-state index in [9.17, 15) is 14.4 Å². The van der Waals surface area contributed by atoms with Gasteiger partial charge in [-0.1, -0.05) is 252 Å². The van der Waals surface area contributed by atoms with Gasteiger partial charge in [-0.3, -0.25) is 14.4 Å². The molecule has 0 aromatic heterocycles. The van der Waals surface area contributed by atoms with Gasteiger partial charge in [-0.2, -0.15) is 0 Å². The monoisotopic (exact) mass is 1110 g/mol. The van der Waals surface area contributed by atoms with Crippen molar-refractivity contribution in [1.82, 2.24) is 0 Å². The summed E-state index contributed by atoms with van der Waals surface area (Å²) >= 11 is 0. The van der Waals surface area contributed by atoms with Crippen LogP contribution in [0.4, 0.5) is 0 Å². The smallest absolute Gasteiger partial charge is 0.306 e. The summed E-state index contributed by atoms with van der Waals surface area (Å²) in [6.45, 7) is 6.15. The van der Waals surface area contributed by atoms with Crippen LogP contribution in [0.15, 0.2) is 219 Å². The zero-order valence-corrected chi connectivity index (χ0v) is 50.9. The van der Waals surface area contributed by atoms with Crippen LogP contribution < -0.4 is 0 Å². The Labute approximate surface area is 495 Å². The fraction of sp³-hybridized carbons (Fsp3) is 0.480. The fourth-order valence-corrected chi connectivity index (χ4v) is 7.41. The van der Waals surface area contributed by atoms with E-state index in [-0.39, 0.29) is 44.4 Å². The SMILES string of the molecule is CC/C=C\C/C=C\C/C=C\C/C=C\C/C=C\C/C=C\C/C=C\C/C=C\C/C=C\CCCCCC(=O)OCC(COC(=O)CCCCC/C=C\C/C=C\C/C=C\CC)OC(=O)CC/C=C\C/C=C\C/C=C\C/C=C\C/C=C\C/C=C\CC. The predicted molar refractivity (Wildman–Crippen MR) is 352 cm³/mol. The van der Waals surface area contributed by atoms with Crippen molar-refractivity contribution >= 4 is 17.9 Å². The lowest BCUT2D eigenvalue weighted by Crippen LogP contribution is -2.30. The minimum Gasteiger partial charge on any atom is -0.462 e. The number of ether oxygens (including phenoxy) is 3. The van der Waals surface area contributed by atoms with Gasteiger partial charge in [0.25, 0.3) is 0 Å². The molecule has 0 saturated carbocycles. The van der Waals surface area contributed by atoms with Crippen molar-refractivity contribution in [3.8, 4) is 0 Å². The lowest BCUT2D eigenvalue weighted by Gasteiger charge is -2.18. The Morgan fingerprint density at radius 2 is 0.469 bits per heavy atom. The number of esters is 3. The minimum absolute atomic E-state index is 0.147. The van der Waals surface area contributed by atoms with Crippen molar-refractivity contribution in [2.75, 3.05) is 13.2 Å². The number of hydrogen-bond donors (Lipinski definition) is 0. The first-order chi connectivity index (χ1) is 40.0. The molecule has 6 nitrogen and oxygen atoms in total. The highest BCUT2D eigenvalue weighted by molar-refractivity contribution is 5.71. The number of carbonyl (C=O) groups excluding carboxylic acids is 3. The Balaban J connectivity index is 4.54. The van der Waals surface area contributed by atoms with Crippen LogP contribution in [0, 0.1) is 0 Å². The lowest BCUT2D eigenvalue weighted by molar-refractivity contribution is -0.166. The molecular formula is C75H110O6. The predicted octanol–water partition coefficient (Wildman–Crippen LogP) is 21.8. The standard InChI is InChI=1S/C75H110O6/c1-4-7-10-13-16-19-22-25-27-29-31-32-33-34-35-36-37-38-39-40-41-42-44-45-47-50-53-56-59-62-65-68-74(77)80-71-72(70-79-73(76)67-64-61-58-55-52-49-24-21-18-15-12-9-6-3)81-75(78)69-66-63-60-57-54-51-48-46-43-30-28-26-23-20-17-14-11-8-5-2/h7-12,16-21,25-28,31-32,34-35,37-38,40-41,43-46,49-54,60,63,72H,4-6,13-15,22-24,29-30,33,36,39,42,47-48,55-59,61-62,64-71H2,1-3H3/b10-7-,11-8-,12-9-,19-16-,20-17-,21-18-,27-25-,28-26-,32-31-,35-34-,38-37-,41-40-,45-44-,46-43-,52-49-,53-50-,54-51-,63-60-. The first kappa shape index (κ1) is 74.7. The summed E-state index contributed by atoms with van der Waals surface area (Å²) < 4.78 is 16.7. The van der Waals surface area contributed by atoms with Crippen LogP contribution >= 0.6 is 0 Å². The van der Waals surface area contributed by atoms with Crippen LogP contribution in [-0.4, -0.2) is 37.2 Å². The van der Waals surface area contributed by atoms with Crippen molar-refractivity contribution in [1.29, 1.82) is 0 Å². The van der Waals surface area contributed by atoms with Gasteiger partial charge in [0, 0.05) is 19.3 Å². The first-order valence-electron chi connectivity index (χ1n) is 31.2. The van der Waals surface area contributed by atoms with Crippen LogP contribution in [0.2, 0.25) is 0 Å². The normalized spacial score (nSPS) is 13.7. The molecule has 1 unspecified atom stereocenters. The highest BCUT2D eigenvalue weighted by Crippen LogP contribution is 2.10. The van der Waals surface area contributed by atoms with Crippen LogP contribution in [0.25, 0.3) is 0 Å². The van der Waals surface area contributed by atoms with E-state index >= 15 is 0 Å². The Hall–Kier alpha value is -6.27. The number of allylic oxidation sites excluding steroid dienone is 36. The van der Waals surface area contributed by atoms with Crippen LogP contribution in [0.1, 0.15) is 213 Å². The molecular weight excluding hydrogens is 997 g/mol. The third kappa shape index (κ3) is 64.4. The summed E-state index contributed by atoms with van der Waals surface area (Å²) in [4.78, 5) is 38.2. The second-order valence-corrected chi connectivity index (χ2v) is 19.5. The topological polar surface area (TPSA) is 78.9 Å². The maximum atomic E-state index is 12.9. The van der Waals surface area contributed by atoms with Crippen molar-refractivity contribution in [3.05, 3.63) is 219 Å². The summed E-state index contributed by atoms with van der Waals surface area (Å²) in [6.07, 6.45) is 104. The maximum Gasteiger partial charge on any atom is 0.306 e. The van der Waals surface area contributed by atoms with Crippen LogP contribution in [-0.2, 0) is 28.6 Å². The van der Waals surface area contributed by atoms with Crippen molar-refractivity contribution in [2.24, 2.45) is 0 Å². The Bertz CT molecular complexity index is 2050. The summed E-state index contributed by atoms with van der Waals surface area (Å²) in [5.74, 6) is -1.11. The molecule has 6 heteroatoms. The molecule has 0 radical (unpaired) electrons. The summed E-state index contributed by atoms with van der Waals surface area (Å²) in [6, 6.07) is 0. The highest BCUT2D eigenvalue weighted by atomic mass is 16.6. The van der Waals surface area contributed by atoms with Gasteiger partial charge in [0.2, 0.25) is 0 Å². The molecule has 0 aromatic rings. The molecule has 0 aliphatic rings. The molecule has 0 aromatic carbocycles. The molecule has 446 valence electrons. The third-order valence-electron chi connectivity index (χ3n) is 12.0. The van der Waals surface area contributed by atoms with E-state index in [0.717, 1.165) is 161 Å². The van der Waals surface area contributed by atoms with E-state index in [1.165, 1.54) is 0 Å². The van der Waals surface area contributed by atoms with Gasteiger partial charge in [0.05, 0.1) is 0 Å².